The maximum atomic E-state index is 13.9. The van der Waals surface area contributed by atoms with Crippen LogP contribution in [0.25, 0.3) is 0 Å². The van der Waals surface area contributed by atoms with Gasteiger partial charge in [-0.25, -0.2) is 4.79 Å². The number of hydrogen-bond acceptors (Lipinski definition) is 4. The highest BCUT2D eigenvalue weighted by Gasteiger charge is 2.50. The number of amides is 2. The lowest BCUT2D eigenvalue weighted by Crippen LogP contribution is -2.58. The van der Waals surface area contributed by atoms with Gasteiger partial charge in [0.1, 0.15) is 12.7 Å². The Kier molecular flexibility index (Phi) is 7.09. The molecule has 3 N–H and O–H groups in total. The summed E-state index contributed by atoms with van der Waals surface area (Å²) in [4.78, 5) is 23.0. The Morgan fingerprint density at radius 1 is 1.25 bits per heavy atom. The van der Waals surface area contributed by atoms with Crippen molar-refractivity contribution in [3.63, 3.8) is 0 Å². The van der Waals surface area contributed by atoms with Gasteiger partial charge in [0.05, 0.1) is 6.04 Å². The minimum atomic E-state index is -4.05. The first-order chi connectivity index (χ1) is 11.2. The van der Waals surface area contributed by atoms with E-state index in [0.29, 0.717) is 0 Å². The van der Waals surface area contributed by atoms with Crippen molar-refractivity contribution < 1.29 is 28.2 Å². The van der Waals surface area contributed by atoms with Crippen LogP contribution in [0.1, 0.15) is 19.4 Å². The fourth-order valence-corrected chi connectivity index (χ4v) is 2.04. The predicted octanol–water partition coefficient (Wildman–Crippen LogP) is 1.68. The zero-order valence-electron chi connectivity index (χ0n) is 13.8. The molecule has 1 aromatic carbocycles. The summed E-state index contributed by atoms with van der Waals surface area (Å²) < 4.78 is 32.7. The Labute approximate surface area is 139 Å². The lowest BCUT2D eigenvalue weighted by Gasteiger charge is -2.31. The first-order valence-corrected chi connectivity index (χ1v) is 7.45. The second-order valence-corrected chi connectivity index (χ2v) is 5.62. The van der Waals surface area contributed by atoms with Crippen molar-refractivity contribution in [2.75, 3.05) is 7.05 Å². The van der Waals surface area contributed by atoms with Crippen LogP contribution in [-0.4, -0.2) is 42.2 Å². The average Bonchev–Trinajstić information content (AvgIpc) is 2.56. The quantitative estimate of drug-likeness (QED) is 0.702. The van der Waals surface area contributed by atoms with E-state index in [4.69, 9.17) is 4.74 Å². The number of nitrogens with one attached hydrogen (secondary N) is 2. The van der Waals surface area contributed by atoms with E-state index in [-0.39, 0.29) is 6.61 Å². The molecule has 0 radical (unpaired) electrons. The summed E-state index contributed by atoms with van der Waals surface area (Å²) in [7, 11) is 1.04. The Hall–Kier alpha value is -2.22. The summed E-state index contributed by atoms with van der Waals surface area (Å²) in [6.07, 6.45) is -3.34. The van der Waals surface area contributed by atoms with Gasteiger partial charge < -0.3 is 20.5 Å². The number of carbonyl (C=O) groups is 2. The number of aliphatic hydroxyl groups excluding tert-OH is 1. The third kappa shape index (κ3) is 5.16. The van der Waals surface area contributed by atoms with E-state index in [1.807, 2.05) is 0 Å². The number of hydrogen-bond donors (Lipinski definition) is 3. The molecule has 6 nitrogen and oxygen atoms in total. The fourth-order valence-electron chi connectivity index (χ4n) is 2.04. The van der Waals surface area contributed by atoms with Crippen molar-refractivity contribution in [3.05, 3.63) is 35.9 Å². The smallest absolute Gasteiger partial charge is 0.407 e. The van der Waals surface area contributed by atoms with Crippen LogP contribution in [-0.2, 0) is 16.1 Å². The Balaban J connectivity index is 2.71. The third-order valence-electron chi connectivity index (χ3n) is 3.46. The van der Waals surface area contributed by atoms with E-state index in [1.54, 1.807) is 35.6 Å². The van der Waals surface area contributed by atoms with Crippen molar-refractivity contribution in [1.82, 2.24) is 10.6 Å². The summed E-state index contributed by atoms with van der Waals surface area (Å²) in [5.74, 6) is -6.23. The third-order valence-corrected chi connectivity index (χ3v) is 3.46. The fraction of sp³-hybridized carbons (Fsp3) is 0.500. The van der Waals surface area contributed by atoms with Crippen molar-refractivity contribution in [2.45, 2.75) is 38.5 Å². The van der Waals surface area contributed by atoms with Crippen LogP contribution >= 0.6 is 0 Å². The number of rotatable bonds is 7. The van der Waals surface area contributed by atoms with Gasteiger partial charge in [0.25, 0.3) is 5.91 Å². The zero-order valence-corrected chi connectivity index (χ0v) is 13.8. The zero-order chi connectivity index (χ0) is 18.3. The second-order valence-electron chi connectivity index (χ2n) is 5.62. The summed E-state index contributed by atoms with van der Waals surface area (Å²) in [6.45, 7) is 3.02. The lowest BCUT2D eigenvalue weighted by molar-refractivity contribution is -0.167. The largest absolute Gasteiger partial charge is 0.445 e. The molecule has 0 aliphatic heterocycles. The average molecular weight is 344 g/mol. The molecule has 0 aromatic heterocycles. The van der Waals surface area contributed by atoms with Gasteiger partial charge in [-0.05, 0) is 11.5 Å². The lowest BCUT2D eigenvalue weighted by atomic mass is 9.94. The van der Waals surface area contributed by atoms with Gasteiger partial charge in [0, 0.05) is 7.05 Å². The molecule has 1 rings (SSSR count). The topological polar surface area (TPSA) is 87.7 Å². The standard InChI is InChI=1S/C16H22F2N2O4/c1-10(2)12(13(21)16(17,18)14(22)19-3)20-15(23)24-9-11-7-5-4-6-8-11/h4-8,10,12-13,21H,9H2,1-3H3,(H,19,22)(H,20,23)/t12-,13+/m0/s1. The molecule has 0 unspecified atom stereocenters. The Morgan fingerprint density at radius 3 is 2.33 bits per heavy atom. The molecule has 0 fully saturated rings. The molecule has 24 heavy (non-hydrogen) atoms. The molecule has 1 aromatic rings. The first-order valence-electron chi connectivity index (χ1n) is 7.45. The van der Waals surface area contributed by atoms with E-state index in [2.05, 4.69) is 5.32 Å². The first kappa shape index (κ1) is 19.8. The molecule has 2 amide bonds. The second kappa shape index (κ2) is 8.58. The number of halogens is 2. The van der Waals surface area contributed by atoms with E-state index in [1.165, 1.54) is 13.8 Å². The molecule has 0 aliphatic rings. The van der Waals surface area contributed by atoms with E-state index < -0.39 is 36.0 Å². The van der Waals surface area contributed by atoms with Crippen LogP contribution < -0.4 is 10.6 Å². The van der Waals surface area contributed by atoms with Crippen LogP contribution in [0.2, 0.25) is 0 Å². The monoisotopic (exact) mass is 344 g/mol. The molecule has 134 valence electrons. The van der Waals surface area contributed by atoms with Crippen LogP contribution in [0.3, 0.4) is 0 Å². The molecule has 0 saturated heterocycles. The minimum Gasteiger partial charge on any atom is -0.445 e. The molecule has 0 spiro atoms. The summed E-state index contributed by atoms with van der Waals surface area (Å²) in [6, 6.07) is 7.45. The van der Waals surface area contributed by atoms with Gasteiger partial charge in [-0.2, -0.15) is 8.78 Å². The summed E-state index contributed by atoms with van der Waals surface area (Å²) in [5.41, 5.74) is 0.727. The molecule has 0 saturated carbocycles. The van der Waals surface area contributed by atoms with Gasteiger partial charge in [-0.15, -0.1) is 0 Å². The number of benzene rings is 1. The predicted molar refractivity (Wildman–Crippen MR) is 83.4 cm³/mol. The van der Waals surface area contributed by atoms with Crippen molar-refractivity contribution in [2.24, 2.45) is 5.92 Å². The maximum Gasteiger partial charge on any atom is 0.407 e. The molecular formula is C16H22F2N2O4. The highest BCUT2D eigenvalue weighted by atomic mass is 19.3. The summed E-state index contributed by atoms with van der Waals surface area (Å²) >= 11 is 0. The number of aliphatic hydroxyl groups is 1. The van der Waals surface area contributed by atoms with Crippen LogP contribution in [0, 0.1) is 5.92 Å². The van der Waals surface area contributed by atoms with Crippen LogP contribution in [0.4, 0.5) is 13.6 Å². The van der Waals surface area contributed by atoms with Gasteiger partial charge in [-0.1, -0.05) is 44.2 Å². The molecule has 0 aliphatic carbocycles. The molecule has 8 heteroatoms. The Bertz CT molecular complexity index is 552. The number of carbonyl (C=O) groups excluding carboxylic acids is 2. The highest BCUT2D eigenvalue weighted by molar-refractivity contribution is 5.84. The van der Waals surface area contributed by atoms with Crippen molar-refractivity contribution in [1.29, 1.82) is 0 Å². The van der Waals surface area contributed by atoms with Crippen molar-refractivity contribution in [3.8, 4) is 0 Å². The normalized spacial score (nSPS) is 14.0. The van der Waals surface area contributed by atoms with E-state index in [9.17, 15) is 23.5 Å². The Morgan fingerprint density at radius 2 is 1.83 bits per heavy atom. The van der Waals surface area contributed by atoms with Gasteiger partial charge in [0.15, 0.2) is 0 Å². The SMILES string of the molecule is CNC(=O)C(F)(F)[C@H](O)[C@@H](NC(=O)OCc1ccccc1)C(C)C. The molecule has 0 heterocycles. The van der Waals surface area contributed by atoms with Gasteiger partial charge >= 0.3 is 12.0 Å². The van der Waals surface area contributed by atoms with Crippen LogP contribution in [0.5, 0.6) is 0 Å². The van der Waals surface area contributed by atoms with E-state index >= 15 is 0 Å². The van der Waals surface area contributed by atoms with E-state index in [0.717, 1.165) is 12.6 Å². The summed E-state index contributed by atoms with van der Waals surface area (Å²) in [5, 5.41) is 13.8. The number of alkyl carbamates (subject to hydrolysis) is 1. The molecule has 0 bridgehead atoms. The number of alkyl halides is 2. The van der Waals surface area contributed by atoms with Gasteiger partial charge in [-0.3, -0.25) is 4.79 Å². The van der Waals surface area contributed by atoms with Gasteiger partial charge in [0.2, 0.25) is 0 Å². The van der Waals surface area contributed by atoms with Crippen molar-refractivity contribution >= 4 is 12.0 Å². The minimum absolute atomic E-state index is 0.0422. The molecule has 2 atom stereocenters. The van der Waals surface area contributed by atoms with Crippen LogP contribution in [0.15, 0.2) is 30.3 Å². The molecular weight excluding hydrogens is 322 g/mol. The maximum absolute atomic E-state index is 13.9. The highest BCUT2D eigenvalue weighted by Crippen LogP contribution is 2.24. The number of ether oxygens (including phenoxy) is 1.